The zero-order valence-electron chi connectivity index (χ0n) is 9.09. The summed E-state index contributed by atoms with van der Waals surface area (Å²) in [4.78, 5) is 48.4. The van der Waals surface area contributed by atoms with Gasteiger partial charge < -0.3 is 4.74 Å². The maximum absolute atomic E-state index is 11.4. The zero-order chi connectivity index (χ0) is 13.7. The normalized spacial score (nSPS) is 9.39. The summed E-state index contributed by atoms with van der Waals surface area (Å²) >= 11 is 0. The highest BCUT2D eigenvalue weighted by molar-refractivity contribution is 5.78. The summed E-state index contributed by atoms with van der Waals surface area (Å²) in [5.41, 5.74) is -3.46. The first-order chi connectivity index (χ1) is 8.51. The number of hydrogen-bond donors (Lipinski definition) is 3. The van der Waals surface area contributed by atoms with Gasteiger partial charge in [0, 0.05) is 0 Å². The molecule has 1 aromatic heterocycles. The Morgan fingerprint density at radius 3 is 2.44 bits per heavy atom. The number of hydrogen-bond acceptors (Lipinski definition) is 7. The Hall–Kier alpha value is -2.94. The molecule has 0 fully saturated rings. The lowest BCUT2D eigenvalue weighted by molar-refractivity contribution is 0.152. The van der Waals surface area contributed by atoms with Gasteiger partial charge in [-0.3, -0.25) is 9.97 Å². The Kier molecular flexibility index (Phi) is 3.94. The summed E-state index contributed by atoms with van der Waals surface area (Å²) in [5, 5.41) is 9.85. The molecule has 18 heavy (non-hydrogen) atoms. The molecule has 0 aliphatic rings. The summed E-state index contributed by atoms with van der Waals surface area (Å²) in [6, 6.07) is 1.47. The molecule has 1 amide bonds. The van der Waals surface area contributed by atoms with Crippen molar-refractivity contribution in [2.24, 2.45) is 5.10 Å². The van der Waals surface area contributed by atoms with Crippen molar-refractivity contribution >= 4 is 12.1 Å². The number of carbonyl (C=O) groups excluding carboxylic acids is 1. The lowest BCUT2D eigenvalue weighted by Gasteiger charge is -2.14. The third kappa shape index (κ3) is 2.59. The van der Waals surface area contributed by atoms with Crippen LogP contribution >= 0.6 is 0 Å². The van der Waals surface area contributed by atoms with E-state index in [2.05, 4.69) is 9.84 Å². The number of amides is 1. The second-order valence-corrected chi connectivity index (χ2v) is 2.70. The van der Waals surface area contributed by atoms with E-state index in [1.54, 1.807) is 9.97 Å². The SMILES string of the molecule is CCOC(=O)N(N=C=N)n1c(=O)[nH]c(=O)[nH]c1=O. The molecule has 0 aliphatic heterocycles. The van der Waals surface area contributed by atoms with Crippen molar-refractivity contribution < 1.29 is 9.53 Å². The van der Waals surface area contributed by atoms with E-state index in [-0.39, 0.29) is 16.4 Å². The van der Waals surface area contributed by atoms with E-state index in [1.807, 2.05) is 0 Å². The van der Waals surface area contributed by atoms with Gasteiger partial charge in [0.1, 0.15) is 6.01 Å². The zero-order valence-corrected chi connectivity index (χ0v) is 9.09. The van der Waals surface area contributed by atoms with Gasteiger partial charge in [0.25, 0.3) is 0 Å². The summed E-state index contributed by atoms with van der Waals surface area (Å²) in [6.45, 7) is 1.45. The predicted molar refractivity (Wildman–Crippen MR) is 57.3 cm³/mol. The molecule has 1 rings (SSSR count). The molecule has 11 nitrogen and oxygen atoms in total. The van der Waals surface area contributed by atoms with Gasteiger partial charge in [0.2, 0.25) is 0 Å². The molecule has 0 radical (unpaired) electrons. The lowest BCUT2D eigenvalue weighted by Crippen LogP contribution is -2.54. The van der Waals surface area contributed by atoms with E-state index in [0.29, 0.717) is 0 Å². The van der Waals surface area contributed by atoms with Crippen LogP contribution in [0.25, 0.3) is 0 Å². The molecule has 0 spiro atoms. The first-order valence-corrected chi connectivity index (χ1v) is 4.56. The van der Waals surface area contributed by atoms with Crippen LogP contribution in [0.15, 0.2) is 19.5 Å². The Labute approximate surface area is 97.8 Å². The number of nitrogens with zero attached hydrogens (tertiary/aromatic N) is 3. The first kappa shape index (κ1) is 13.1. The van der Waals surface area contributed by atoms with Crippen LogP contribution in [0.4, 0.5) is 4.79 Å². The van der Waals surface area contributed by atoms with Crippen molar-refractivity contribution in [1.29, 1.82) is 5.41 Å². The molecule has 0 unspecified atom stereocenters. The molecule has 1 heterocycles. The molecule has 0 aromatic carbocycles. The summed E-state index contributed by atoms with van der Waals surface area (Å²) in [6.07, 6.45) is -1.18. The van der Waals surface area contributed by atoms with E-state index in [4.69, 9.17) is 5.41 Å². The van der Waals surface area contributed by atoms with Crippen LogP contribution in [0.2, 0.25) is 0 Å². The van der Waals surface area contributed by atoms with Gasteiger partial charge >= 0.3 is 23.2 Å². The Morgan fingerprint density at radius 2 is 2.00 bits per heavy atom. The third-order valence-electron chi connectivity index (χ3n) is 1.59. The molecule has 3 N–H and O–H groups in total. The van der Waals surface area contributed by atoms with E-state index in [0.717, 1.165) is 0 Å². The van der Waals surface area contributed by atoms with Crippen LogP contribution in [0.5, 0.6) is 0 Å². The second-order valence-electron chi connectivity index (χ2n) is 2.70. The molecule has 0 atom stereocenters. The van der Waals surface area contributed by atoms with Gasteiger partial charge in [0.05, 0.1) is 6.61 Å². The molecular formula is C7H8N6O5. The van der Waals surface area contributed by atoms with Gasteiger partial charge in [-0.1, -0.05) is 10.2 Å². The molecular weight excluding hydrogens is 248 g/mol. The molecule has 0 aliphatic carbocycles. The van der Waals surface area contributed by atoms with Crippen molar-refractivity contribution in [1.82, 2.24) is 14.6 Å². The smallest absolute Gasteiger partial charge is 0.447 e. The van der Waals surface area contributed by atoms with Crippen molar-refractivity contribution in [3.8, 4) is 0 Å². The number of aromatic amines is 2. The van der Waals surface area contributed by atoms with E-state index >= 15 is 0 Å². The van der Waals surface area contributed by atoms with Crippen LogP contribution in [0.1, 0.15) is 6.92 Å². The monoisotopic (exact) mass is 256 g/mol. The van der Waals surface area contributed by atoms with Crippen LogP contribution in [0.3, 0.4) is 0 Å². The summed E-state index contributed by atoms with van der Waals surface area (Å²) in [7, 11) is 0. The Bertz CT molecular complexity index is 628. The maximum atomic E-state index is 11.4. The van der Waals surface area contributed by atoms with Crippen LogP contribution in [-0.2, 0) is 4.74 Å². The average Bonchev–Trinajstić information content (AvgIpc) is 2.26. The number of carbonyl (C=O) groups is 1. The number of rotatable bonds is 3. The van der Waals surface area contributed by atoms with Crippen LogP contribution in [0, 0.1) is 5.41 Å². The topological polar surface area (TPSA) is 153 Å². The highest BCUT2D eigenvalue weighted by atomic mass is 16.6. The van der Waals surface area contributed by atoms with Crippen LogP contribution in [-0.4, -0.2) is 33.4 Å². The van der Waals surface area contributed by atoms with Gasteiger partial charge in [0.15, 0.2) is 0 Å². The molecule has 0 bridgehead atoms. The highest BCUT2D eigenvalue weighted by Crippen LogP contribution is 1.89. The number of aromatic nitrogens is 3. The first-order valence-electron chi connectivity index (χ1n) is 4.56. The third-order valence-corrected chi connectivity index (χ3v) is 1.59. The van der Waals surface area contributed by atoms with Gasteiger partial charge in [-0.05, 0) is 6.92 Å². The van der Waals surface area contributed by atoms with Gasteiger partial charge in [-0.15, -0.1) is 4.68 Å². The maximum Gasteiger partial charge on any atom is 0.451 e. The van der Waals surface area contributed by atoms with E-state index < -0.39 is 23.2 Å². The minimum atomic E-state index is -1.21. The highest BCUT2D eigenvalue weighted by Gasteiger charge is 2.20. The molecule has 1 aromatic rings. The van der Waals surface area contributed by atoms with E-state index in [1.165, 1.54) is 12.9 Å². The van der Waals surface area contributed by atoms with Crippen molar-refractivity contribution in [3.63, 3.8) is 0 Å². The standard InChI is InChI=1S/C7H8N6O5/c1-2-18-7(17)13(9-3-8)12-5(15)10-4(14)11-6(12)16/h8H,2H2,1H3,(H2,10,11,14,15,16). The lowest BCUT2D eigenvalue weighted by atomic mass is 10.9. The van der Waals surface area contributed by atoms with E-state index in [9.17, 15) is 19.2 Å². The minimum Gasteiger partial charge on any atom is -0.447 e. The molecule has 0 saturated carbocycles. The molecule has 96 valence electrons. The number of nitrogens with one attached hydrogen (secondary N) is 3. The predicted octanol–water partition coefficient (Wildman–Crippen LogP) is -2.01. The van der Waals surface area contributed by atoms with Crippen LogP contribution < -0.4 is 22.2 Å². The van der Waals surface area contributed by atoms with Crippen molar-refractivity contribution in [2.75, 3.05) is 11.7 Å². The minimum absolute atomic E-state index is 0.0428. The van der Waals surface area contributed by atoms with Crippen molar-refractivity contribution in [3.05, 3.63) is 31.5 Å². The quantitative estimate of drug-likeness (QED) is 0.421. The summed E-state index contributed by atoms with van der Waals surface area (Å²) in [5.74, 6) is 0. The fraction of sp³-hybridized carbons (Fsp3) is 0.286. The van der Waals surface area contributed by atoms with Gasteiger partial charge in [-0.2, -0.15) is 0 Å². The summed E-state index contributed by atoms with van der Waals surface area (Å²) < 4.78 is 4.67. The largest absolute Gasteiger partial charge is 0.451 e. The average molecular weight is 256 g/mol. The fourth-order valence-electron chi connectivity index (χ4n) is 0.991. The van der Waals surface area contributed by atoms with Gasteiger partial charge in [-0.25, -0.2) is 24.6 Å². The number of H-pyrrole nitrogens is 2. The Morgan fingerprint density at radius 1 is 1.44 bits per heavy atom. The molecule has 0 saturated heterocycles. The Balaban J connectivity index is 3.44. The second kappa shape index (κ2) is 5.41. The fourth-order valence-corrected chi connectivity index (χ4v) is 0.991. The molecule has 11 heteroatoms. The number of hydrazone groups is 1. The number of ether oxygens (including phenoxy) is 1. The van der Waals surface area contributed by atoms with Crippen molar-refractivity contribution in [2.45, 2.75) is 6.92 Å².